The van der Waals surface area contributed by atoms with Gasteiger partial charge in [0.1, 0.15) is 5.82 Å². The minimum Gasteiger partial charge on any atom is -0.396 e. The van der Waals surface area contributed by atoms with E-state index in [4.69, 9.17) is 17.0 Å². The van der Waals surface area contributed by atoms with Crippen molar-refractivity contribution in [3.63, 3.8) is 0 Å². The maximum Gasteiger partial charge on any atom is 0.257 e. The molecular formula is C22H25FN2O3S. The number of nitrogens with one attached hydrogen (secondary N) is 2. The molecule has 29 heavy (non-hydrogen) atoms. The first kappa shape index (κ1) is 21.4. The first-order valence-corrected chi connectivity index (χ1v) is 9.98. The van der Waals surface area contributed by atoms with Crippen LogP contribution in [0.15, 0.2) is 54.6 Å². The molecule has 0 saturated heterocycles. The average Bonchev–Trinajstić information content (AvgIpc) is 2.74. The number of aliphatic hydroxyl groups excluding tert-OH is 1. The number of hydrogen-bond donors (Lipinski definition) is 3. The zero-order chi connectivity index (χ0) is 20.9. The molecule has 1 amide bonds. The van der Waals surface area contributed by atoms with Crippen LogP contribution in [-0.2, 0) is 10.3 Å². The highest BCUT2D eigenvalue weighted by Crippen LogP contribution is 2.43. The van der Waals surface area contributed by atoms with E-state index in [0.29, 0.717) is 30.4 Å². The van der Waals surface area contributed by atoms with E-state index in [1.165, 1.54) is 6.07 Å². The highest BCUT2D eigenvalue weighted by Gasteiger charge is 2.46. The SMILES string of the molecule is COC1CCC(NC(=S)NC(=O)c2ccccc2)(c2ccccc2F)C(CO)C1. The Morgan fingerprint density at radius 1 is 1.24 bits per heavy atom. The lowest BCUT2D eigenvalue weighted by molar-refractivity contribution is -0.00970. The van der Waals surface area contributed by atoms with E-state index in [9.17, 15) is 14.3 Å². The van der Waals surface area contributed by atoms with Gasteiger partial charge >= 0.3 is 0 Å². The van der Waals surface area contributed by atoms with Crippen molar-refractivity contribution in [1.82, 2.24) is 10.6 Å². The average molecular weight is 417 g/mol. The summed E-state index contributed by atoms with van der Waals surface area (Å²) >= 11 is 5.41. The van der Waals surface area contributed by atoms with Crippen LogP contribution in [0.4, 0.5) is 4.39 Å². The number of amides is 1. The molecule has 1 saturated carbocycles. The van der Waals surface area contributed by atoms with E-state index in [2.05, 4.69) is 10.6 Å². The van der Waals surface area contributed by atoms with Crippen LogP contribution in [0.3, 0.4) is 0 Å². The van der Waals surface area contributed by atoms with Gasteiger partial charge in [0.2, 0.25) is 0 Å². The van der Waals surface area contributed by atoms with Crippen LogP contribution in [0.2, 0.25) is 0 Å². The molecule has 3 atom stereocenters. The second-order valence-corrected chi connectivity index (χ2v) is 7.65. The summed E-state index contributed by atoms with van der Waals surface area (Å²) < 4.78 is 20.3. The van der Waals surface area contributed by atoms with E-state index in [-0.39, 0.29) is 35.5 Å². The lowest BCUT2D eigenvalue weighted by Gasteiger charge is -2.47. The Hall–Kier alpha value is -2.35. The Kier molecular flexibility index (Phi) is 6.95. The van der Waals surface area contributed by atoms with Crippen molar-refractivity contribution in [1.29, 1.82) is 0 Å². The van der Waals surface area contributed by atoms with Crippen molar-refractivity contribution in [2.75, 3.05) is 13.7 Å². The van der Waals surface area contributed by atoms with Gasteiger partial charge in [0.05, 0.1) is 11.6 Å². The van der Waals surface area contributed by atoms with Crippen molar-refractivity contribution in [2.24, 2.45) is 5.92 Å². The summed E-state index contributed by atoms with van der Waals surface area (Å²) in [6.45, 7) is -0.170. The number of halogens is 1. The predicted molar refractivity (Wildman–Crippen MR) is 113 cm³/mol. The van der Waals surface area contributed by atoms with Gasteiger partial charge in [-0.3, -0.25) is 10.1 Å². The monoisotopic (exact) mass is 416 g/mol. The lowest BCUT2D eigenvalue weighted by atomic mass is 9.68. The molecule has 0 heterocycles. The Morgan fingerprint density at radius 2 is 1.93 bits per heavy atom. The van der Waals surface area contributed by atoms with Crippen molar-refractivity contribution in [2.45, 2.75) is 30.9 Å². The third-order valence-electron chi connectivity index (χ3n) is 5.61. The highest BCUT2D eigenvalue weighted by molar-refractivity contribution is 7.80. The molecule has 2 aromatic rings. The van der Waals surface area contributed by atoms with Crippen LogP contribution < -0.4 is 10.6 Å². The quantitative estimate of drug-likeness (QED) is 0.654. The molecule has 0 aromatic heterocycles. The van der Waals surface area contributed by atoms with Crippen LogP contribution in [0.1, 0.15) is 35.2 Å². The van der Waals surface area contributed by atoms with E-state index in [1.807, 2.05) is 6.07 Å². The van der Waals surface area contributed by atoms with E-state index < -0.39 is 5.54 Å². The van der Waals surface area contributed by atoms with Gasteiger partial charge < -0.3 is 15.2 Å². The van der Waals surface area contributed by atoms with Crippen LogP contribution >= 0.6 is 12.2 Å². The van der Waals surface area contributed by atoms with Crippen molar-refractivity contribution in [3.8, 4) is 0 Å². The Bertz CT molecular complexity index is 864. The van der Waals surface area contributed by atoms with Gasteiger partial charge in [0.25, 0.3) is 5.91 Å². The normalized spacial score (nSPS) is 24.0. The molecule has 1 aliphatic carbocycles. The number of rotatable bonds is 5. The maximum absolute atomic E-state index is 14.8. The highest BCUT2D eigenvalue weighted by atomic mass is 32.1. The Balaban J connectivity index is 1.89. The fraction of sp³-hybridized carbons (Fsp3) is 0.364. The molecule has 0 radical (unpaired) electrons. The molecule has 5 nitrogen and oxygen atoms in total. The molecule has 0 aliphatic heterocycles. The van der Waals surface area contributed by atoms with Gasteiger partial charge in [-0.1, -0.05) is 36.4 Å². The number of hydrogen-bond acceptors (Lipinski definition) is 4. The Labute approximate surface area is 175 Å². The number of thiocarbonyl (C=S) groups is 1. The van der Waals surface area contributed by atoms with Crippen LogP contribution in [-0.4, -0.2) is 35.9 Å². The third-order valence-corrected chi connectivity index (χ3v) is 5.82. The number of carbonyl (C=O) groups excluding carboxylic acids is 1. The van der Waals surface area contributed by atoms with Gasteiger partial charge in [-0.2, -0.15) is 0 Å². The van der Waals surface area contributed by atoms with E-state index in [1.54, 1.807) is 49.6 Å². The van der Waals surface area contributed by atoms with Crippen LogP contribution in [0.5, 0.6) is 0 Å². The summed E-state index contributed by atoms with van der Waals surface area (Å²) in [5.41, 5.74) is -0.0563. The van der Waals surface area contributed by atoms with Crippen molar-refractivity contribution in [3.05, 3.63) is 71.5 Å². The number of methoxy groups -OCH3 is 1. The second-order valence-electron chi connectivity index (χ2n) is 7.24. The van der Waals surface area contributed by atoms with Gasteiger partial charge in [-0.05, 0) is 49.7 Å². The molecule has 3 N–H and O–H groups in total. The fourth-order valence-electron chi connectivity index (χ4n) is 4.08. The van der Waals surface area contributed by atoms with Crippen molar-refractivity contribution >= 4 is 23.2 Å². The van der Waals surface area contributed by atoms with Gasteiger partial charge in [0.15, 0.2) is 5.11 Å². The molecule has 154 valence electrons. The molecule has 1 fully saturated rings. The zero-order valence-corrected chi connectivity index (χ0v) is 17.0. The number of aliphatic hydroxyl groups is 1. The minimum absolute atomic E-state index is 0.0265. The van der Waals surface area contributed by atoms with E-state index >= 15 is 0 Å². The maximum atomic E-state index is 14.8. The Morgan fingerprint density at radius 3 is 2.59 bits per heavy atom. The van der Waals surface area contributed by atoms with Gasteiger partial charge in [-0.25, -0.2) is 4.39 Å². The molecule has 3 unspecified atom stereocenters. The zero-order valence-electron chi connectivity index (χ0n) is 16.2. The van der Waals surface area contributed by atoms with Crippen LogP contribution in [0.25, 0.3) is 0 Å². The third kappa shape index (κ3) is 4.63. The molecule has 2 aromatic carbocycles. The first-order valence-electron chi connectivity index (χ1n) is 9.57. The molecule has 7 heteroatoms. The summed E-state index contributed by atoms with van der Waals surface area (Å²) in [5, 5.41) is 16.1. The fourth-order valence-corrected chi connectivity index (χ4v) is 4.36. The summed E-state index contributed by atoms with van der Waals surface area (Å²) in [6.07, 6.45) is 1.69. The lowest BCUT2D eigenvalue weighted by Crippen LogP contribution is -2.58. The first-order chi connectivity index (χ1) is 14.0. The molecule has 3 rings (SSSR count). The second kappa shape index (κ2) is 9.43. The summed E-state index contributed by atoms with van der Waals surface area (Å²) in [4.78, 5) is 12.5. The minimum atomic E-state index is -0.948. The van der Waals surface area contributed by atoms with E-state index in [0.717, 1.165) is 0 Å². The number of ether oxygens (including phenoxy) is 1. The summed E-state index contributed by atoms with van der Waals surface area (Å²) in [7, 11) is 1.63. The summed E-state index contributed by atoms with van der Waals surface area (Å²) in [5.74, 6) is -1.07. The van der Waals surface area contributed by atoms with Gasteiger partial charge in [-0.15, -0.1) is 0 Å². The molecular weight excluding hydrogens is 391 g/mol. The number of carbonyl (C=O) groups is 1. The predicted octanol–water partition coefficient (Wildman–Crippen LogP) is 3.13. The van der Waals surface area contributed by atoms with Crippen molar-refractivity contribution < 1.29 is 19.0 Å². The number of benzene rings is 2. The topological polar surface area (TPSA) is 70.6 Å². The largest absolute Gasteiger partial charge is 0.396 e. The van der Waals surface area contributed by atoms with Crippen LogP contribution in [0, 0.1) is 11.7 Å². The smallest absolute Gasteiger partial charge is 0.257 e. The molecule has 0 bridgehead atoms. The standard InChI is InChI=1S/C22H25FN2O3S/c1-28-17-11-12-22(16(13-17)14-26,18-9-5-6-10-19(18)23)25-21(29)24-20(27)15-7-3-2-4-8-15/h2-10,16-17,26H,11-14H2,1H3,(H2,24,25,27,29). The molecule has 1 aliphatic rings. The summed E-state index contributed by atoms with van der Waals surface area (Å²) in [6, 6.07) is 15.2. The molecule has 0 spiro atoms. The van der Waals surface area contributed by atoms with Gasteiger partial charge in [0, 0.05) is 30.8 Å².